The molecule has 1 fully saturated rings. The molecule has 1 aromatic rings. The molecule has 1 N–H and O–H groups in total. The molecule has 0 aliphatic heterocycles. The van der Waals surface area contributed by atoms with Gasteiger partial charge < -0.3 is 9.88 Å². The van der Waals surface area contributed by atoms with Crippen molar-refractivity contribution in [2.45, 2.75) is 31.5 Å². The summed E-state index contributed by atoms with van der Waals surface area (Å²) in [5.41, 5.74) is 0.409. The zero-order chi connectivity index (χ0) is 13.3. The average Bonchev–Trinajstić information content (AvgIpc) is 3.00. The van der Waals surface area contributed by atoms with Gasteiger partial charge in [-0.25, -0.2) is 0 Å². The zero-order valence-corrected chi connectivity index (χ0v) is 11.0. The molecule has 1 heterocycles. The lowest BCUT2D eigenvalue weighted by Crippen LogP contribution is -2.29. The van der Waals surface area contributed by atoms with Crippen molar-refractivity contribution in [2.75, 3.05) is 6.54 Å². The highest BCUT2D eigenvalue weighted by atomic mass is 79.9. The Morgan fingerprint density at radius 1 is 1.50 bits per heavy atom. The highest BCUT2D eigenvalue weighted by molar-refractivity contribution is 9.10. The molecular formula is C11H12BrF3N2O. The minimum atomic E-state index is -4.24. The molecule has 0 saturated heterocycles. The maximum atomic E-state index is 12.0. The number of nitrogens with one attached hydrogen (secondary N) is 1. The molecule has 18 heavy (non-hydrogen) atoms. The van der Waals surface area contributed by atoms with E-state index >= 15 is 0 Å². The fourth-order valence-electron chi connectivity index (χ4n) is 1.69. The molecule has 7 heteroatoms. The summed E-state index contributed by atoms with van der Waals surface area (Å²) in [5, 5.41) is 2.29. The number of halogens is 4. The predicted octanol–water partition coefficient (Wildman–Crippen LogP) is 3.27. The van der Waals surface area contributed by atoms with Gasteiger partial charge >= 0.3 is 6.18 Å². The monoisotopic (exact) mass is 324 g/mol. The molecule has 0 bridgehead atoms. The van der Waals surface area contributed by atoms with Gasteiger partial charge in [0.25, 0.3) is 5.91 Å². The SMILES string of the molecule is O=C(NCCC(F)(F)F)c1cc(Br)cn1C1CC1. The van der Waals surface area contributed by atoms with Crippen LogP contribution in [0.3, 0.4) is 0 Å². The summed E-state index contributed by atoms with van der Waals surface area (Å²) in [4.78, 5) is 11.8. The van der Waals surface area contributed by atoms with Crippen LogP contribution in [-0.4, -0.2) is 23.2 Å². The Balaban J connectivity index is 1.96. The van der Waals surface area contributed by atoms with E-state index in [1.165, 1.54) is 0 Å². The number of aromatic nitrogens is 1. The van der Waals surface area contributed by atoms with Crippen molar-refractivity contribution in [3.63, 3.8) is 0 Å². The molecule has 1 aliphatic carbocycles. The summed E-state index contributed by atoms with van der Waals surface area (Å²) >= 11 is 3.27. The van der Waals surface area contributed by atoms with E-state index in [0.29, 0.717) is 11.7 Å². The van der Waals surface area contributed by atoms with Gasteiger partial charge in [-0.3, -0.25) is 4.79 Å². The van der Waals surface area contributed by atoms with Crippen LogP contribution in [0.1, 0.15) is 35.8 Å². The van der Waals surface area contributed by atoms with Crippen molar-refractivity contribution in [3.05, 3.63) is 22.4 Å². The van der Waals surface area contributed by atoms with Gasteiger partial charge in [-0.15, -0.1) is 0 Å². The third-order valence-corrected chi connectivity index (χ3v) is 3.12. The lowest BCUT2D eigenvalue weighted by Gasteiger charge is -2.09. The summed E-state index contributed by atoms with van der Waals surface area (Å²) in [6.07, 6.45) is -1.46. The van der Waals surface area contributed by atoms with Crippen molar-refractivity contribution >= 4 is 21.8 Å². The first kappa shape index (κ1) is 13.5. The maximum absolute atomic E-state index is 12.0. The van der Waals surface area contributed by atoms with E-state index in [9.17, 15) is 18.0 Å². The number of alkyl halides is 3. The molecule has 100 valence electrons. The van der Waals surface area contributed by atoms with Crippen molar-refractivity contribution in [3.8, 4) is 0 Å². The van der Waals surface area contributed by atoms with E-state index in [0.717, 1.165) is 17.3 Å². The van der Waals surface area contributed by atoms with Gasteiger partial charge in [0.05, 0.1) is 6.42 Å². The molecule has 2 rings (SSSR count). The minimum absolute atomic E-state index is 0.305. The van der Waals surface area contributed by atoms with E-state index < -0.39 is 25.0 Å². The first-order valence-corrected chi connectivity index (χ1v) is 6.38. The zero-order valence-electron chi connectivity index (χ0n) is 9.43. The summed E-state index contributed by atoms with van der Waals surface area (Å²) in [6, 6.07) is 1.93. The molecule has 1 amide bonds. The summed E-state index contributed by atoms with van der Waals surface area (Å²) in [6.45, 7) is -0.393. The Hall–Kier alpha value is -0.980. The van der Waals surface area contributed by atoms with E-state index in [1.807, 2.05) is 4.57 Å². The minimum Gasteiger partial charge on any atom is -0.350 e. The first-order chi connectivity index (χ1) is 8.37. The van der Waals surface area contributed by atoms with Crippen LogP contribution in [0.2, 0.25) is 0 Å². The Labute approximate surface area is 110 Å². The van der Waals surface area contributed by atoms with E-state index in [4.69, 9.17) is 0 Å². The molecule has 0 atom stereocenters. The number of amides is 1. The molecule has 3 nitrogen and oxygen atoms in total. The molecule has 1 saturated carbocycles. The highest BCUT2D eigenvalue weighted by Gasteiger charge is 2.29. The van der Waals surface area contributed by atoms with Crippen LogP contribution in [0.5, 0.6) is 0 Å². The molecule has 0 spiro atoms. The Morgan fingerprint density at radius 3 is 2.72 bits per heavy atom. The molecule has 0 aromatic carbocycles. The third-order valence-electron chi connectivity index (χ3n) is 2.68. The molecule has 1 aliphatic rings. The fourth-order valence-corrected chi connectivity index (χ4v) is 2.13. The van der Waals surface area contributed by atoms with Crippen molar-refractivity contribution in [2.24, 2.45) is 0 Å². The second-order valence-corrected chi connectivity index (χ2v) is 5.22. The van der Waals surface area contributed by atoms with Gasteiger partial charge in [0.15, 0.2) is 0 Å². The average molecular weight is 325 g/mol. The molecular weight excluding hydrogens is 313 g/mol. The molecule has 0 unspecified atom stereocenters. The van der Waals surface area contributed by atoms with Gasteiger partial charge in [0.1, 0.15) is 5.69 Å². The van der Waals surface area contributed by atoms with Crippen LogP contribution in [0.4, 0.5) is 13.2 Å². The summed E-state index contributed by atoms with van der Waals surface area (Å²) < 4.78 is 38.5. The number of nitrogens with zero attached hydrogens (tertiary/aromatic N) is 1. The van der Waals surface area contributed by atoms with Gasteiger partial charge in [0.2, 0.25) is 0 Å². The largest absolute Gasteiger partial charge is 0.390 e. The normalized spacial score (nSPS) is 15.8. The summed E-state index contributed by atoms with van der Waals surface area (Å²) in [5.74, 6) is -0.461. The van der Waals surface area contributed by atoms with Crippen LogP contribution in [0.15, 0.2) is 16.7 Å². The molecule has 0 radical (unpaired) electrons. The standard InChI is InChI=1S/C11H12BrF3N2O/c12-7-5-9(17(6-7)8-1-2-8)10(18)16-4-3-11(13,14)15/h5-6,8H,1-4H2,(H,16,18). The number of rotatable bonds is 4. The first-order valence-electron chi connectivity index (χ1n) is 5.59. The third kappa shape index (κ3) is 3.51. The number of hydrogen-bond acceptors (Lipinski definition) is 1. The van der Waals surface area contributed by atoms with Crippen LogP contribution < -0.4 is 5.32 Å². The van der Waals surface area contributed by atoms with Crippen molar-refractivity contribution in [1.82, 2.24) is 9.88 Å². The quantitative estimate of drug-likeness (QED) is 0.906. The highest BCUT2D eigenvalue weighted by Crippen LogP contribution is 2.37. The fraction of sp³-hybridized carbons (Fsp3) is 0.545. The van der Waals surface area contributed by atoms with Crippen LogP contribution in [0, 0.1) is 0 Å². The van der Waals surface area contributed by atoms with E-state index in [-0.39, 0.29) is 0 Å². The smallest absolute Gasteiger partial charge is 0.350 e. The van der Waals surface area contributed by atoms with Crippen molar-refractivity contribution in [1.29, 1.82) is 0 Å². The Kier molecular flexibility index (Phi) is 3.70. The Morgan fingerprint density at radius 2 is 2.17 bits per heavy atom. The topological polar surface area (TPSA) is 34.0 Å². The van der Waals surface area contributed by atoms with Gasteiger partial charge in [-0.05, 0) is 34.8 Å². The van der Waals surface area contributed by atoms with Crippen LogP contribution >= 0.6 is 15.9 Å². The second-order valence-electron chi connectivity index (χ2n) is 4.30. The lowest BCUT2D eigenvalue weighted by atomic mass is 10.3. The van der Waals surface area contributed by atoms with Gasteiger partial charge in [0, 0.05) is 23.3 Å². The second kappa shape index (κ2) is 4.95. The number of carbonyl (C=O) groups is 1. The summed E-state index contributed by atoms with van der Waals surface area (Å²) in [7, 11) is 0. The lowest BCUT2D eigenvalue weighted by molar-refractivity contribution is -0.132. The Bertz CT molecular complexity index is 452. The van der Waals surface area contributed by atoms with Crippen molar-refractivity contribution < 1.29 is 18.0 Å². The van der Waals surface area contributed by atoms with Crippen LogP contribution in [0.25, 0.3) is 0 Å². The van der Waals surface area contributed by atoms with E-state index in [1.54, 1.807) is 12.3 Å². The van der Waals surface area contributed by atoms with E-state index in [2.05, 4.69) is 21.2 Å². The number of hydrogen-bond donors (Lipinski definition) is 1. The molecule has 1 aromatic heterocycles. The number of carbonyl (C=O) groups excluding carboxylic acids is 1. The van der Waals surface area contributed by atoms with Gasteiger partial charge in [-0.1, -0.05) is 0 Å². The van der Waals surface area contributed by atoms with Gasteiger partial charge in [-0.2, -0.15) is 13.2 Å². The predicted molar refractivity (Wildman–Crippen MR) is 63.4 cm³/mol. The van der Waals surface area contributed by atoms with Crippen LogP contribution in [-0.2, 0) is 0 Å². The maximum Gasteiger partial charge on any atom is 0.390 e.